The van der Waals surface area contributed by atoms with Crippen molar-refractivity contribution in [1.82, 2.24) is 19.0 Å². The van der Waals surface area contributed by atoms with Gasteiger partial charge in [-0.3, -0.25) is 23.5 Å². The number of aryl methyl sites for hydroxylation is 1. The van der Waals surface area contributed by atoms with E-state index >= 15 is 0 Å². The highest BCUT2D eigenvalue weighted by atomic mass is 16.4. The molecule has 154 valence electrons. The molecule has 0 unspecified atom stereocenters. The summed E-state index contributed by atoms with van der Waals surface area (Å²) in [5.74, 6) is -1.21. The van der Waals surface area contributed by atoms with Gasteiger partial charge in [-0.15, -0.1) is 0 Å². The Morgan fingerprint density at radius 2 is 1.72 bits per heavy atom. The summed E-state index contributed by atoms with van der Waals surface area (Å²) < 4.78 is 2.16. The number of hydrogen-bond donors (Lipinski definition) is 2. The van der Waals surface area contributed by atoms with E-state index in [1.807, 2.05) is 31.2 Å². The minimum atomic E-state index is -0.833. The van der Waals surface area contributed by atoms with E-state index in [2.05, 4.69) is 4.98 Å². The van der Waals surface area contributed by atoms with Gasteiger partial charge in [-0.05, 0) is 18.6 Å². The van der Waals surface area contributed by atoms with Crippen LogP contribution in [0.4, 0.5) is 0 Å². The van der Waals surface area contributed by atoms with Gasteiger partial charge in [0.25, 0.3) is 17.4 Å². The van der Waals surface area contributed by atoms with Crippen molar-refractivity contribution in [3.63, 3.8) is 0 Å². The Kier molecular flexibility index (Phi) is 6.42. The number of benzene rings is 1. The van der Waals surface area contributed by atoms with E-state index in [0.717, 1.165) is 33.7 Å². The van der Waals surface area contributed by atoms with E-state index in [1.165, 1.54) is 29.6 Å². The molecular weight excluding hydrogens is 376 g/mol. The Morgan fingerprint density at radius 1 is 1.14 bits per heavy atom. The van der Waals surface area contributed by atoms with Crippen molar-refractivity contribution in [2.45, 2.75) is 20.4 Å². The number of aliphatic carboxylic acids is 1. The van der Waals surface area contributed by atoms with Crippen molar-refractivity contribution in [2.24, 2.45) is 14.1 Å². The fourth-order valence-electron chi connectivity index (χ4n) is 2.94. The van der Waals surface area contributed by atoms with Crippen LogP contribution in [0.5, 0.6) is 0 Å². The lowest BCUT2D eigenvalue weighted by atomic mass is 10.1. The van der Waals surface area contributed by atoms with Crippen molar-refractivity contribution >= 4 is 22.8 Å². The first-order chi connectivity index (χ1) is 13.5. The molecule has 0 bridgehead atoms. The minimum absolute atomic E-state index is 0.0735. The van der Waals surface area contributed by atoms with Crippen molar-refractivity contribution in [1.29, 1.82) is 0 Å². The standard InChI is InChI=1S/C18H20N4O3.C2H4O2/c1-11-12-7-5-6-8-13(12)19-14(11)10-20(2)17(24)15-9-16(23)22(4)18(25)21(15)3;1-2(3)4/h5-9,19H,10H2,1-4H3;1H3,(H,3,4). The minimum Gasteiger partial charge on any atom is -0.481 e. The summed E-state index contributed by atoms with van der Waals surface area (Å²) in [6.45, 7) is 3.43. The number of nitrogens with zero attached hydrogens (tertiary/aromatic N) is 3. The first-order valence-corrected chi connectivity index (χ1v) is 8.82. The van der Waals surface area contributed by atoms with Gasteiger partial charge in [-0.2, -0.15) is 0 Å². The van der Waals surface area contributed by atoms with Gasteiger partial charge < -0.3 is 15.0 Å². The molecule has 0 aliphatic heterocycles. The third-order valence-electron chi connectivity index (χ3n) is 4.56. The predicted octanol–water partition coefficient (Wildman–Crippen LogP) is 1.24. The maximum Gasteiger partial charge on any atom is 0.331 e. The van der Waals surface area contributed by atoms with E-state index < -0.39 is 17.2 Å². The molecule has 3 rings (SSSR count). The molecule has 3 aromatic rings. The smallest absolute Gasteiger partial charge is 0.331 e. The fourth-order valence-corrected chi connectivity index (χ4v) is 2.94. The zero-order chi connectivity index (χ0) is 21.9. The van der Waals surface area contributed by atoms with E-state index in [9.17, 15) is 14.4 Å². The van der Waals surface area contributed by atoms with Gasteiger partial charge in [0.1, 0.15) is 5.69 Å². The van der Waals surface area contributed by atoms with E-state index in [4.69, 9.17) is 9.90 Å². The molecule has 2 aromatic heterocycles. The molecule has 0 aliphatic carbocycles. The first kappa shape index (κ1) is 21.7. The van der Waals surface area contributed by atoms with Crippen LogP contribution in [-0.4, -0.2) is 43.0 Å². The second-order valence-electron chi connectivity index (χ2n) is 6.72. The molecule has 2 N–H and O–H groups in total. The molecule has 0 saturated carbocycles. The van der Waals surface area contributed by atoms with Gasteiger partial charge in [-0.1, -0.05) is 18.2 Å². The van der Waals surface area contributed by atoms with Crippen molar-refractivity contribution in [3.05, 3.63) is 68.1 Å². The van der Waals surface area contributed by atoms with Crippen LogP contribution in [0.25, 0.3) is 10.9 Å². The zero-order valence-corrected chi connectivity index (χ0v) is 17.0. The summed E-state index contributed by atoms with van der Waals surface area (Å²) in [5.41, 5.74) is 2.06. The average molecular weight is 400 g/mol. The topological polar surface area (TPSA) is 117 Å². The monoisotopic (exact) mass is 400 g/mol. The SMILES string of the molecule is CC(=O)O.Cc1c(CN(C)C(=O)c2cc(=O)n(C)c(=O)n2C)[nH]c2ccccc12. The number of nitrogens with one attached hydrogen (secondary N) is 1. The van der Waals surface area contributed by atoms with Crippen LogP contribution >= 0.6 is 0 Å². The third kappa shape index (κ3) is 4.63. The quantitative estimate of drug-likeness (QED) is 0.686. The molecule has 2 heterocycles. The Hall–Kier alpha value is -3.62. The van der Waals surface area contributed by atoms with Gasteiger partial charge >= 0.3 is 5.69 Å². The highest BCUT2D eigenvalue weighted by Crippen LogP contribution is 2.22. The Balaban J connectivity index is 0.000000687. The Morgan fingerprint density at radius 3 is 2.31 bits per heavy atom. The molecule has 9 heteroatoms. The third-order valence-corrected chi connectivity index (χ3v) is 4.56. The molecule has 9 nitrogen and oxygen atoms in total. The number of aromatic nitrogens is 3. The Labute approximate surface area is 166 Å². The van der Waals surface area contributed by atoms with Gasteiger partial charge in [0.15, 0.2) is 0 Å². The molecule has 1 aromatic carbocycles. The van der Waals surface area contributed by atoms with Crippen LogP contribution in [0.3, 0.4) is 0 Å². The molecule has 0 radical (unpaired) electrons. The van der Waals surface area contributed by atoms with Crippen molar-refractivity contribution in [2.75, 3.05) is 7.05 Å². The maximum atomic E-state index is 12.7. The van der Waals surface area contributed by atoms with Gasteiger partial charge in [-0.25, -0.2) is 4.79 Å². The zero-order valence-electron chi connectivity index (χ0n) is 17.0. The molecule has 29 heavy (non-hydrogen) atoms. The highest BCUT2D eigenvalue weighted by Gasteiger charge is 2.19. The number of carbonyl (C=O) groups is 2. The van der Waals surface area contributed by atoms with E-state index in [-0.39, 0.29) is 11.6 Å². The summed E-state index contributed by atoms with van der Waals surface area (Å²) in [5, 5.41) is 8.53. The van der Waals surface area contributed by atoms with E-state index in [1.54, 1.807) is 7.05 Å². The number of para-hydroxylation sites is 1. The summed E-state index contributed by atoms with van der Waals surface area (Å²) in [7, 11) is 4.52. The highest BCUT2D eigenvalue weighted by molar-refractivity contribution is 5.92. The number of aromatic amines is 1. The van der Waals surface area contributed by atoms with Crippen LogP contribution in [0.2, 0.25) is 0 Å². The van der Waals surface area contributed by atoms with Crippen LogP contribution in [0.1, 0.15) is 28.7 Å². The van der Waals surface area contributed by atoms with Crippen LogP contribution in [0.15, 0.2) is 39.9 Å². The predicted molar refractivity (Wildman–Crippen MR) is 109 cm³/mol. The molecular formula is C20H24N4O5. The summed E-state index contributed by atoms with van der Waals surface area (Å²) >= 11 is 0. The van der Waals surface area contributed by atoms with Crippen molar-refractivity contribution in [3.8, 4) is 0 Å². The van der Waals surface area contributed by atoms with Crippen LogP contribution in [0, 0.1) is 6.92 Å². The molecule has 0 atom stereocenters. The molecule has 0 saturated heterocycles. The number of amides is 1. The molecule has 0 fully saturated rings. The van der Waals surface area contributed by atoms with Gasteiger partial charge in [0, 0.05) is 50.7 Å². The maximum absolute atomic E-state index is 12.7. The van der Waals surface area contributed by atoms with Crippen LogP contribution < -0.4 is 11.2 Å². The second-order valence-corrected chi connectivity index (χ2v) is 6.72. The van der Waals surface area contributed by atoms with Crippen molar-refractivity contribution < 1.29 is 14.7 Å². The average Bonchev–Trinajstić information content (AvgIpc) is 2.98. The van der Waals surface area contributed by atoms with Gasteiger partial charge in [0.2, 0.25) is 0 Å². The normalized spacial score (nSPS) is 10.4. The number of carbonyl (C=O) groups excluding carboxylic acids is 1. The number of carboxylic acid groups (broad SMARTS) is 1. The molecule has 0 aliphatic rings. The molecule has 1 amide bonds. The number of H-pyrrole nitrogens is 1. The fraction of sp³-hybridized carbons (Fsp3) is 0.300. The number of carboxylic acids is 1. The summed E-state index contributed by atoms with van der Waals surface area (Å²) in [6.07, 6.45) is 0. The lowest BCUT2D eigenvalue weighted by molar-refractivity contribution is -0.134. The lowest BCUT2D eigenvalue weighted by Crippen LogP contribution is -2.41. The molecule has 0 spiro atoms. The lowest BCUT2D eigenvalue weighted by Gasteiger charge is -2.18. The Bertz CT molecular complexity index is 1180. The number of fused-ring (bicyclic) bond motifs is 1. The summed E-state index contributed by atoms with van der Waals surface area (Å²) in [4.78, 5) is 50.4. The summed E-state index contributed by atoms with van der Waals surface area (Å²) in [6, 6.07) is 9.12. The first-order valence-electron chi connectivity index (χ1n) is 8.82. The van der Waals surface area contributed by atoms with Gasteiger partial charge in [0.05, 0.1) is 6.54 Å². The second kappa shape index (κ2) is 8.59. The van der Waals surface area contributed by atoms with E-state index in [0.29, 0.717) is 6.54 Å². The number of hydrogen-bond acceptors (Lipinski definition) is 4. The largest absolute Gasteiger partial charge is 0.481 e. The number of rotatable bonds is 3. The van der Waals surface area contributed by atoms with Crippen LogP contribution in [-0.2, 0) is 25.4 Å².